The summed E-state index contributed by atoms with van der Waals surface area (Å²) in [5.41, 5.74) is -0.881. The van der Waals surface area contributed by atoms with Crippen LogP contribution in [0.3, 0.4) is 0 Å². The molecule has 0 amide bonds. The highest BCUT2D eigenvalue weighted by Crippen LogP contribution is 2.31. The molecule has 16 heavy (non-hydrogen) atoms. The van der Waals surface area contributed by atoms with Crippen molar-refractivity contribution in [2.75, 3.05) is 0 Å². The van der Waals surface area contributed by atoms with Gasteiger partial charge in [0.2, 0.25) is 5.88 Å². The summed E-state index contributed by atoms with van der Waals surface area (Å²) in [6, 6.07) is 0. The summed E-state index contributed by atoms with van der Waals surface area (Å²) >= 11 is 2.12. The predicted molar refractivity (Wildman–Crippen MR) is 53.7 cm³/mol. The second-order valence-corrected chi connectivity index (χ2v) is 4.79. The van der Waals surface area contributed by atoms with Crippen molar-refractivity contribution in [2.24, 2.45) is 0 Å². The fraction of sp³-hybridized carbons (Fsp3) is 0.250. The molecule has 86 valence electrons. The molecule has 1 N–H and O–H groups in total. The van der Waals surface area contributed by atoms with E-state index in [9.17, 15) is 13.2 Å². The van der Waals surface area contributed by atoms with Crippen molar-refractivity contribution >= 4 is 22.7 Å². The zero-order chi connectivity index (χ0) is 11.8. The smallest absolute Gasteiger partial charge is 0.434 e. The maximum Gasteiger partial charge on any atom is 0.434 e. The summed E-state index contributed by atoms with van der Waals surface area (Å²) in [4.78, 5) is 7.20. The first-order valence-corrected chi connectivity index (χ1v) is 5.86. The van der Waals surface area contributed by atoms with E-state index in [0.29, 0.717) is 10.0 Å². The van der Waals surface area contributed by atoms with Gasteiger partial charge in [0.1, 0.15) is 10.0 Å². The third kappa shape index (κ3) is 2.50. The number of nitrogens with zero attached hydrogens (tertiary/aromatic N) is 2. The van der Waals surface area contributed by atoms with Gasteiger partial charge in [-0.15, -0.1) is 22.7 Å². The van der Waals surface area contributed by atoms with Gasteiger partial charge in [-0.05, 0) is 0 Å². The molecule has 0 atom stereocenters. The van der Waals surface area contributed by atoms with Crippen LogP contribution in [0.2, 0.25) is 0 Å². The summed E-state index contributed by atoms with van der Waals surface area (Å²) in [6.45, 7) is 0. The van der Waals surface area contributed by atoms with Crippen molar-refractivity contribution in [3.63, 3.8) is 0 Å². The van der Waals surface area contributed by atoms with Gasteiger partial charge in [0.15, 0.2) is 5.69 Å². The third-order valence-electron chi connectivity index (χ3n) is 1.68. The molecule has 0 aromatic carbocycles. The fourth-order valence-corrected chi connectivity index (χ4v) is 2.59. The van der Waals surface area contributed by atoms with Gasteiger partial charge in [0, 0.05) is 5.38 Å². The molecule has 3 nitrogen and oxygen atoms in total. The van der Waals surface area contributed by atoms with E-state index in [0.717, 1.165) is 16.7 Å². The molecule has 0 unspecified atom stereocenters. The monoisotopic (exact) mass is 266 g/mol. The van der Waals surface area contributed by atoms with Gasteiger partial charge in [0.05, 0.1) is 11.8 Å². The summed E-state index contributed by atoms with van der Waals surface area (Å²) in [5, 5.41) is 12.2. The Labute approximate surface area is 96.2 Å². The third-order valence-corrected chi connectivity index (χ3v) is 3.37. The molecule has 0 bridgehead atoms. The number of alkyl halides is 3. The molecule has 0 saturated carbocycles. The fourth-order valence-electron chi connectivity index (χ4n) is 1.03. The molecule has 0 fully saturated rings. The first-order chi connectivity index (χ1) is 7.45. The van der Waals surface area contributed by atoms with E-state index in [1.54, 1.807) is 0 Å². The first-order valence-electron chi connectivity index (χ1n) is 4.10. The number of aromatic nitrogens is 2. The molecule has 0 aliphatic heterocycles. The van der Waals surface area contributed by atoms with Crippen LogP contribution in [0.15, 0.2) is 10.8 Å². The molecule has 0 radical (unpaired) electrons. The Morgan fingerprint density at radius 3 is 2.25 bits per heavy atom. The Morgan fingerprint density at radius 1 is 1.12 bits per heavy atom. The average molecular weight is 266 g/mol. The lowest BCUT2D eigenvalue weighted by molar-refractivity contribution is -0.140. The zero-order valence-electron chi connectivity index (χ0n) is 7.65. The molecule has 0 saturated heterocycles. The van der Waals surface area contributed by atoms with Crippen molar-refractivity contribution in [1.82, 2.24) is 9.97 Å². The minimum atomic E-state index is -4.40. The van der Waals surface area contributed by atoms with Crippen LogP contribution in [0.4, 0.5) is 13.2 Å². The Balaban J connectivity index is 2.14. The molecule has 0 spiro atoms. The topological polar surface area (TPSA) is 46.0 Å². The van der Waals surface area contributed by atoms with E-state index in [-0.39, 0.29) is 12.3 Å². The SMILES string of the molecule is Oc1csc(Cc2nc(C(F)(F)F)cs2)n1. The van der Waals surface area contributed by atoms with Crippen LogP contribution in [0.25, 0.3) is 0 Å². The second kappa shape index (κ2) is 4.02. The van der Waals surface area contributed by atoms with Gasteiger partial charge in [-0.3, -0.25) is 0 Å². The van der Waals surface area contributed by atoms with E-state index in [4.69, 9.17) is 5.11 Å². The highest BCUT2D eigenvalue weighted by Gasteiger charge is 2.33. The Hall–Kier alpha value is -1.15. The molecule has 2 aromatic rings. The molecule has 0 aliphatic rings. The minimum Gasteiger partial charge on any atom is -0.493 e. The summed E-state index contributed by atoms with van der Waals surface area (Å²) in [6.07, 6.45) is -4.19. The Kier molecular flexibility index (Phi) is 2.85. The quantitative estimate of drug-likeness (QED) is 0.909. The lowest BCUT2D eigenvalue weighted by Crippen LogP contribution is -2.05. The van der Waals surface area contributed by atoms with Gasteiger partial charge < -0.3 is 5.11 Å². The first kappa shape index (κ1) is 11.3. The van der Waals surface area contributed by atoms with E-state index in [1.165, 1.54) is 16.7 Å². The van der Waals surface area contributed by atoms with Gasteiger partial charge in [-0.2, -0.15) is 13.2 Å². The Bertz CT molecular complexity index is 491. The second-order valence-electron chi connectivity index (χ2n) is 2.90. The Morgan fingerprint density at radius 2 is 1.75 bits per heavy atom. The number of thiazole rings is 2. The number of rotatable bonds is 2. The molecular weight excluding hydrogens is 261 g/mol. The molecule has 2 aromatic heterocycles. The van der Waals surface area contributed by atoms with Crippen LogP contribution in [0, 0.1) is 0 Å². The van der Waals surface area contributed by atoms with E-state index >= 15 is 0 Å². The highest BCUT2D eigenvalue weighted by atomic mass is 32.1. The van der Waals surface area contributed by atoms with Crippen molar-refractivity contribution in [3.8, 4) is 5.88 Å². The van der Waals surface area contributed by atoms with Crippen LogP contribution in [0.5, 0.6) is 5.88 Å². The number of aromatic hydroxyl groups is 1. The van der Waals surface area contributed by atoms with Gasteiger partial charge >= 0.3 is 6.18 Å². The number of hydrogen-bond donors (Lipinski definition) is 1. The minimum absolute atomic E-state index is 0.118. The number of hydrogen-bond acceptors (Lipinski definition) is 5. The maximum atomic E-state index is 12.2. The molecule has 0 aliphatic carbocycles. The summed E-state index contributed by atoms with van der Waals surface area (Å²) < 4.78 is 36.7. The standard InChI is InChI=1S/C8H5F3N2OS2/c9-8(10,11)4-2-15-6(12-4)1-7-13-5(14)3-16-7/h2-3,14H,1H2. The lowest BCUT2D eigenvalue weighted by Gasteiger charge is -1.99. The largest absolute Gasteiger partial charge is 0.493 e. The summed E-state index contributed by atoms with van der Waals surface area (Å²) in [7, 11) is 0. The lowest BCUT2D eigenvalue weighted by atomic mass is 10.4. The van der Waals surface area contributed by atoms with E-state index in [2.05, 4.69) is 9.97 Å². The van der Waals surface area contributed by atoms with Crippen molar-refractivity contribution in [2.45, 2.75) is 12.6 Å². The van der Waals surface area contributed by atoms with E-state index < -0.39 is 11.9 Å². The molecule has 2 heterocycles. The van der Waals surface area contributed by atoms with Crippen LogP contribution in [0.1, 0.15) is 15.7 Å². The molecule has 8 heteroatoms. The predicted octanol–water partition coefficient (Wildman–Crippen LogP) is 2.91. The number of halogens is 3. The van der Waals surface area contributed by atoms with Crippen LogP contribution in [-0.4, -0.2) is 15.1 Å². The van der Waals surface area contributed by atoms with Crippen molar-refractivity contribution in [1.29, 1.82) is 0 Å². The van der Waals surface area contributed by atoms with E-state index in [1.807, 2.05) is 0 Å². The molecule has 2 rings (SSSR count). The van der Waals surface area contributed by atoms with Gasteiger partial charge in [0.25, 0.3) is 0 Å². The molecular formula is C8H5F3N2OS2. The van der Waals surface area contributed by atoms with Crippen molar-refractivity contribution < 1.29 is 18.3 Å². The van der Waals surface area contributed by atoms with Crippen molar-refractivity contribution in [3.05, 3.63) is 26.5 Å². The normalized spacial score (nSPS) is 11.9. The maximum absolute atomic E-state index is 12.2. The van der Waals surface area contributed by atoms with Crippen LogP contribution in [-0.2, 0) is 12.6 Å². The summed E-state index contributed by atoms with van der Waals surface area (Å²) in [5.74, 6) is -0.118. The van der Waals surface area contributed by atoms with Gasteiger partial charge in [-0.25, -0.2) is 9.97 Å². The van der Waals surface area contributed by atoms with Gasteiger partial charge in [-0.1, -0.05) is 0 Å². The zero-order valence-corrected chi connectivity index (χ0v) is 9.29. The average Bonchev–Trinajstić information content (AvgIpc) is 2.74. The highest BCUT2D eigenvalue weighted by molar-refractivity contribution is 7.11. The van der Waals surface area contributed by atoms with Crippen LogP contribution < -0.4 is 0 Å². The van der Waals surface area contributed by atoms with Crippen LogP contribution >= 0.6 is 22.7 Å².